The van der Waals surface area contributed by atoms with Crippen LogP contribution in [0.1, 0.15) is 5.56 Å². The molecule has 3 rings (SSSR count). The summed E-state index contributed by atoms with van der Waals surface area (Å²) < 4.78 is 18.7. The lowest BCUT2D eigenvalue weighted by atomic mass is 10.1. The molecule has 1 heterocycles. The van der Waals surface area contributed by atoms with Crippen LogP contribution in [-0.4, -0.2) is 12.3 Å². The molecule has 0 saturated heterocycles. The van der Waals surface area contributed by atoms with Gasteiger partial charge in [-0.2, -0.15) is 0 Å². The molecular weight excluding hydrogens is 253 g/mol. The minimum absolute atomic E-state index is 0.321. The van der Waals surface area contributed by atoms with Gasteiger partial charge in [-0.1, -0.05) is 23.7 Å². The fourth-order valence-corrected chi connectivity index (χ4v) is 1.94. The van der Waals surface area contributed by atoms with Crippen molar-refractivity contribution in [1.29, 1.82) is 0 Å². The maximum Gasteiger partial charge on any atom is 0.145 e. The van der Waals surface area contributed by atoms with Crippen LogP contribution in [0.2, 0.25) is 5.02 Å². The van der Waals surface area contributed by atoms with Crippen LogP contribution in [0.5, 0.6) is 5.75 Å². The van der Waals surface area contributed by atoms with Crippen molar-refractivity contribution in [2.24, 2.45) is 4.99 Å². The second kappa shape index (κ2) is 4.42. The molecule has 0 fully saturated rings. The van der Waals surface area contributed by atoms with E-state index in [9.17, 15) is 4.39 Å². The molecule has 0 unspecified atom stereocenters. The summed E-state index contributed by atoms with van der Waals surface area (Å²) in [7, 11) is 0. The van der Waals surface area contributed by atoms with Gasteiger partial charge in [0.1, 0.15) is 23.9 Å². The molecule has 0 spiro atoms. The summed E-state index contributed by atoms with van der Waals surface area (Å²) in [6.07, 6.45) is 0. The summed E-state index contributed by atoms with van der Waals surface area (Å²) in [5, 5.41) is 0.669. The lowest BCUT2D eigenvalue weighted by Gasteiger charge is -2.17. The van der Waals surface area contributed by atoms with E-state index in [1.807, 2.05) is 12.1 Å². The average molecular weight is 262 g/mol. The molecule has 0 N–H and O–H groups in total. The summed E-state index contributed by atoms with van der Waals surface area (Å²) in [6.45, 7) is 0.375. The van der Waals surface area contributed by atoms with Crippen LogP contribution in [0.3, 0.4) is 0 Å². The SMILES string of the molecule is Fc1ccc2c(c1)N=C(c1ccc(Cl)cc1)CO2. The van der Waals surface area contributed by atoms with Gasteiger partial charge < -0.3 is 4.74 Å². The third kappa shape index (κ3) is 2.09. The Kier molecular flexibility index (Phi) is 2.76. The molecule has 1 aliphatic rings. The fraction of sp³-hybridized carbons (Fsp3) is 0.0714. The summed E-state index contributed by atoms with van der Waals surface area (Å²) in [5.74, 6) is 0.285. The van der Waals surface area contributed by atoms with Crippen molar-refractivity contribution in [1.82, 2.24) is 0 Å². The van der Waals surface area contributed by atoms with Crippen molar-refractivity contribution < 1.29 is 9.13 Å². The first-order valence-electron chi connectivity index (χ1n) is 5.48. The van der Waals surface area contributed by atoms with E-state index in [2.05, 4.69) is 4.99 Å². The van der Waals surface area contributed by atoms with Gasteiger partial charge in [0.15, 0.2) is 0 Å². The highest BCUT2D eigenvalue weighted by Crippen LogP contribution is 2.32. The molecule has 0 bridgehead atoms. The molecule has 0 aromatic heterocycles. The molecule has 0 radical (unpaired) electrons. The number of nitrogens with zero attached hydrogens (tertiary/aromatic N) is 1. The number of benzene rings is 2. The lowest BCUT2D eigenvalue weighted by Crippen LogP contribution is -2.16. The van der Waals surface area contributed by atoms with Crippen LogP contribution in [0, 0.1) is 5.82 Å². The Hall–Kier alpha value is -1.87. The van der Waals surface area contributed by atoms with Crippen molar-refractivity contribution >= 4 is 23.0 Å². The molecular formula is C14H9ClFNO. The van der Waals surface area contributed by atoms with E-state index in [1.54, 1.807) is 18.2 Å². The molecule has 2 nitrogen and oxygen atoms in total. The van der Waals surface area contributed by atoms with Crippen LogP contribution in [0.15, 0.2) is 47.5 Å². The highest BCUT2D eigenvalue weighted by Gasteiger charge is 2.14. The van der Waals surface area contributed by atoms with Gasteiger partial charge in [0, 0.05) is 11.1 Å². The summed E-state index contributed by atoms with van der Waals surface area (Å²) in [5.41, 5.74) is 2.21. The molecule has 2 aromatic carbocycles. The highest BCUT2D eigenvalue weighted by atomic mass is 35.5. The van der Waals surface area contributed by atoms with Crippen molar-refractivity contribution in [3.63, 3.8) is 0 Å². The first-order chi connectivity index (χ1) is 8.72. The number of ether oxygens (including phenoxy) is 1. The van der Waals surface area contributed by atoms with E-state index in [0.717, 1.165) is 11.3 Å². The predicted molar refractivity (Wildman–Crippen MR) is 69.5 cm³/mol. The van der Waals surface area contributed by atoms with Gasteiger partial charge >= 0.3 is 0 Å². The quantitative estimate of drug-likeness (QED) is 0.761. The third-order valence-electron chi connectivity index (χ3n) is 2.72. The maximum absolute atomic E-state index is 13.1. The van der Waals surface area contributed by atoms with Gasteiger partial charge in [0.25, 0.3) is 0 Å². The molecule has 0 aliphatic carbocycles. The summed E-state index contributed by atoms with van der Waals surface area (Å²) in [6, 6.07) is 11.6. The summed E-state index contributed by atoms with van der Waals surface area (Å²) >= 11 is 5.83. The number of fused-ring (bicyclic) bond motifs is 1. The molecule has 0 atom stereocenters. The Morgan fingerprint density at radius 3 is 2.67 bits per heavy atom. The van der Waals surface area contributed by atoms with Gasteiger partial charge in [0.2, 0.25) is 0 Å². The van der Waals surface area contributed by atoms with E-state index >= 15 is 0 Å². The molecule has 2 aromatic rings. The second-order valence-electron chi connectivity index (χ2n) is 3.97. The van der Waals surface area contributed by atoms with Gasteiger partial charge in [-0.15, -0.1) is 0 Å². The van der Waals surface area contributed by atoms with E-state index in [1.165, 1.54) is 12.1 Å². The Morgan fingerprint density at radius 1 is 1.11 bits per heavy atom. The monoisotopic (exact) mass is 261 g/mol. The average Bonchev–Trinajstić information content (AvgIpc) is 2.38. The Labute approximate surface area is 109 Å². The van der Waals surface area contributed by atoms with Crippen molar-refractivity contribution in [3.8, 4) is 5.75 Å². The van der Waals surface area contributed by atoms with Crippen LogP contribution >= 0.6 is 11.6 Å². The van der Waals surface area contributed by atoms with Crippen LogP contribution in [0.4, 0.5) is 10.1 Å². The Morgan fingerprint density at radius 2 is 1.89 bits per heavy atom. The normalized spacial score (nSPS) is 13.6. The van der Waals surface area contributed by atoms with E-state index in [-0.39, 0.29) is 5.82 Å². The van der Waals surface area contributed by atoms with E-state index in [0.29, 0.717) is 23.1 Å². The Balaban J connectivity index is 2.02. The van der Waals surface area contributed by atoms with Crippen LogP contribution in [-0.2, 0) is 0 Å². The smallest absolute Gasteiger partial charge is 0.145 e. The molecule has 0 saturated carbocycles. The first kappa shape index (κ1) is 11.2. The Bertz CT molecular complexity index is 622. The molecule has 90 valence electrons. The second-order valence-corrected chi connectivity index (χ2v) is 4.40. The first-order valence-corrected chi connectivity index (χ1v) is 5.86. The van der Waals surface area contributed by atoms with Gasteiger partial charge in [-0.25, -0.2) is 9.38 Å². The number of hydrogen-bond donors (Lipinski definition) is 0. The largest absolute Gasteiger partial charge is 0.485 e. The zero-order valence-corrected chi connectivity index (χ0v) is 10.1. The minimum atomic E-state index is -0.321. The predicted octanol–water partition coefficient (Wildman–Crippen LogP) is 3.99. The van der Waals surface area contributed by atoms with Crippen molar-refractivity contribution in [2.75, 3.05) is 6.61 Å². The van der Waals surface area contributed by atoms with Crippen LogP contribution < -0.4 is 4.74 Å². The third-order valence-corrected chi connectivity index (χ3v) is 2.97. The molecule has 0 amide bonds. The van der Waals surface area contributed by atoms with E-state index < -0.39 is 0 Å². The van der Waals surface area contributed by atoms with Crippen LogP contribution in [0.25, 0.3) is 0 Å². The van der Waals surface area contributed by atoms with E-state index in [4.69, 9.17) is 16.3 Å². The number of aliphatic imine (C=N–C) groups is 1. The number of halogens is 2. The van der Waals surface area contributed by atoms with Gasteiger partial charge in [0.05, 0.1) is 5.71 Å². The fourth-order valence-electron chi connectivity index (χ4n) is 1.81. The van der Waals surface area contributed by atoms with Gasteiger partial charge in [-0.05, 0) is 29.8 Å². The lowest BCUT2D eigenvalue weighted by molar-refractivity contribution is 0.372. The maximum atomic E-state index is 13.1. The molecule has 18 heavy (non-hydrogen) atoms. The molecule has 4 heteroatoms. The van der Waals surface area contributed by atoms with Gasteiger partial charge in [-0.3, -0.25) is 0 Å². The minimum Gasteiger partial charge on any atom is -0.485 e. The zero-order chi connectivity index (χ0) is 12.5. The number of rotatable bonds is 1. The number of hydrogen-bond acceptors (Lipinski definition) is 2. The molecule has 1 aliphatic heterocycles. The van der Waals surface area contributed by atoms with Crippen molar-refractivity contribution in [3.05, 3.63) is 58.9 Å². The topological polar surface area (TPSA) is 21.6 Å². The summed E-state index contributed by atoms with van der Waals surface area (Å²) in [4.78, 5) is 4.41. The zero-order valence-electron chi connectivity index (χ0n) is 9.36. The highest BCUT2D eigenvalue weighted by molar-refractivity contribution is 6.30. The standard InChI is InChI=1S/C14H9ClFNO/c15-10-3-1-9(2-4-10)13-8-18-14-6-5-11(16)7-12(14)17-13/h1-7H,8H2. The van der Waals surface area contributed by atoms with Crippen molar-refractivity contribution in [2.45, 2.75) is 0 Å².